The molecule has 0 aliphatic rings. The van der Waals surface area contributed by atoms with E-state index in [1.165, 1.54) is 0 Å². The quantitative estimate of drug-likeness (QED) is 0.381. The summed E-state index contributed by atoms with van der Waals surface area (Å²) in [6.07, 6.45) is 0. The maximum atomic E-state index is 10.8. The summed E-state index contributed by atoms with van der Waals surface area (Å²) in [7, 11) is 0. The standard InChI is InChI=1S/C5H10ClNO2S/c1-2-9-5(8)4(3-10)7-6/h4,7,10H,2-3H2,1H3. The van der Waals surface area contributed by atoms with Crippen molar-refractivity contribution >= 4 is 30.4 Å². The molecule has 0 aromatic carbocycles. The smallest absolute Gasteiger partial charge is 0.325 e. The molecule has 0 saturated heterocycles. The Bertz CT molecular complexity index is 108. The lowest BCUT2D eigenvalue weighted by molar-refractivity contribution is -0.144. The zero-order valence-electron chi connectivity index (χ0n) is 5.63. The van der Waals surface area contributed by atoms with Gasteiger partial charge in [-0.15, -0.1) is 0 Å². The van der Waals surface area contributed by atoms with Crippen molar-refractivity contribution in [3.63, 3.8) is 0 Å². The van der Waals surface area contributed by atoms with Crippen LogP contribution in [0.5, 0.6) is 0 Å². The van der Waals surface area contributed by atoms with Gasteiger partial charge in [0.1, 0.15) is 6.04 Å². The maximum absolute atomic E-state index is 10.8. The van der Waals surface area contributed by atoms with E-state index in [1.807, 2.05) is 0 Å². The maximum Gasteiger partial charge on any atom is 0.325 e. The molecule has 0 rings (SSSR count). The Hall–Kier alpha value is 0.0700. The van der Waals surface area contributed by atoms with Gasteiger partial charge in [0.05, 0.1) is 6.61 Å². The van der Waals surface area contributed by atoms with Gasteiger partial charge in [-0.1, -0.05) is 0 Å². The fourth-order valence-corrected chi connectivity index (χ4v) is 0.911. The molecule has 0 fully saturated rings. The lowest BCUT2D eigenvalue weighted by Crippen LogP contribution is -2.34. The van der Waals surface area contributed by atoms with Gasteiger partial charge in [-0.05, 0) is 18.7 Å². The first-order chi connectivity index (χ1) is 4.76. The van der Waals surface area contributed by atoms with Crippen LogP contribution in [0, 0.1) is 0 Å². The van der Waals surface area contributed by atoms with Gasteiger partial charge in [-0.3, -0.25) is 4.79 Å². The molecule has 0 saturated carbocycles. The van der Waals surface area contributed by atoms with E-state index in [-0.39, 0.29) is 5.97 Å². The van der Waals surface area contributed by atoms with Crippen molar-refractivity contribution in [2.24, 2.45) is 0 Å². The first kappa shape index (κ1) is 10.1. The van der Waals surface area contributed by atoms with E-state index in [0.29, 0.717) is 12.4 Å². The summed E-state index contributed by atoms with van der Waals surface area (Å²) in [5, 5.41) is 0. The lowest BCUT2D eigenvalue weighted by atomic mass is 10.4. The summed E-state index contributed by atoms with van der Waals surface area (Å²) < 4.78 is 4.65. The molecule has 0 spiro atoms. The van der Waals surface area contributed by atoms with E-state index in [1.54, 1.807) is 6.92 Å². The Kier molecular flexibility index (Phi) is 5.87. The predicted molar refractivity (Wildman–Crippen MR) is 43.3 cm³/mol. The molecular weight excluding hydrogens is 174 g/mol. The fourth-order valence-electron chi connectivity index (χ4n) is 0.396. The summed E-state index contributed by atoms with van der Waals surface area (Å²) in [6, 6.07) is -0.509. The number of carbonyl (C=O) groups excluding carboxylic acids is 1. The van der Waals surface area contributed by atoms with E-state index in [4.69, 9.17) is 11.8 Å². The van der Waals surface area contributed by atoms with Crippen LogP contribution in [-0.2, 0) is 9.53 Å². The SMILES string of the molecule is CCOC(=O)C(CS)NCl. The molecule has 0 amide bonds. The van der Waals surface area contributed by atoms with Crippen molar-refractivity contribution in [2.75, 3.05) is 12.4 Å². The average molecular weight is 184 g/mol. The van der Waals surface area contributed by atoms with Gasteiger partial charge in [0.2, 0.25) is 0 Å². The number of halogens is 1. The molecule has 60 valence electrons. The van der Waals surface area contributed by atoms with Crippen LogP contribution < -0.4 is 4.84 Å². The number of hydrogen-bond donors (Lipinski definition) is 2. The molecule has 0 aromatic heterocycles. The molecule has 1 atom stereocenters. The molecule has 0 bridgehead atoms. The van der Waals surface area contributed by atoms with Gasteiger partial charge < -0.3 is 4.74 Å². The minimum atomic E-state index is -0.509. The highest BCUT2D eigenvalue weighted by Crippen LogP contribution is 1.92. The third-order valence-electron chi connectivity index (χ3n) is 0.885. The molecule has 0 heterocycles. The van der Waals surface area contributed by atoms with Crippen molar-refractivity contribution in [2.45, 2.75) is 13.0 Å². The van der Waals surface area contributed by atoms with Crippen LogP contribution in [0.15, 0.2) is 0 Å². The van der Waals surface area contributed by atoms with Crippen molar-refractivity contribution in [3.05, 3.63) is 0 Å². The molecule has 0 aromatic rings. The number of esters is 1. The summed E-state index contributed by atoms with van der Waals surface area (Å²) in [5.74, 6) is -0.0324. The highest BCUT2D eigenvalue weighted by atomic mass is 35.5. The molecular formula is C5H10ClNO2S. The summed E-state index contributed by atoms with van der Waals surface area (Å²) in [5.41, 5.74) is 0. The normalized spacial score (nSPS) is 12.7. The van der Waals surface area contributed by atoms with Crippen LogP contribution in [0.1, 0.15) is 6.92 Å². The van der Waals surface area contributed by atoms with Gasteiger partial charge in [0, 0.05) is 5.75 Å². The first-order valence-corrected chi connectivity index (χ1v) is 3.91. The Balaban J connectivity index is 3.65. The molecule has 3 nitrogen and oxygen atoms in total. The molecule has 5 heteroatoms. The molecule has 0 radical (unpaired) electrons. The van der Waals surface area contributed by atoms with Crippen LogP contribution in [0.3, 0.4) is 0 Å². The third-order valence-corrected chi connectivity index (χ3v) is 1.51. The number of nitrogens with one attached hydrogen (secondary N) is 1. The van der Waals surface area contributed by atoms with Crippen molar-refractivity contribution < 1.29 is 9.53 Å². The van der Waals surface area contributed by atoms with Crippen LogP contribution in [0.4, 0.5) is 0 Å². The number of carbonyl (C=O) groups is 1. The van der Waals surface area contributed by atoms with Gasteiger partial charge in [-0.2, -0.15) is 12.6 Å². The fraction of sp³-hybridized carbons (Fsp3) is 0.800. The van der Waals surface area contributed by atoms with Crippen molar-refractivity contribution in [1.82, 2.24) is 4.84 Å². The Labute approximate surface area is 70.6 Å². The van der Waals surface area contributed by atoms with E-state index in [2.05, 4.69) is 22.2 Å². The molecule has 0 aliphatic carbocycles. The Morgan fingerprint density at radius 3 is 2.80 bits per heavy atom. The monoisotopic (exact) mass is 183 g/mol. The lowest BCUT2D eigenvalue weighted by Gasteiger charge is -2.08. The number of hydrogen-bond acceptors (Lipinski definition) is 4. The van der Waals surface area contributed by atoms with E-state index >= 15 is 0 Å². The molecule has 10 heavy (non-hydrogen) atoms. The highest BCUT2D eigenvalue weighted by Gasteiger charge is 2.15. The number of rotatable bonds is 4. The second-order valence-corrected chi connectivity index (χ2v) is 2.18. The minimum Gasteiger partial charge on any atom is -0.465 e. The minimum absolute atomic E-state index is 0.336. The Morgan fingerprint density at radius 2 is 2.50 bits per heavy atom. The van der Waals surface area contributed by atoms with E-state index in [9.17, 15) is 4.79 Å². The topological polar surface area (TPSA) is 38.3 Å². The number of ether oxygens (including phenoxy) is 1. The van der Waals surface area contributed by atoms with Crippen LogP contribution in [0.2, 0.25) is 0 Å². The second kappa shape index (κ2) is 5.82. The average Bonchev–Trinajstić information content (AvgIpc) is 1.91. The van der Waals surface area contributed by atoms with Crippen LogP contribution >= 0.6 is 24.4 Å². The molecule has 0 aliphatic heterocycles. The highest BCUT2D eigenvalue weighted by molar-refractivity contribution is 7.80. The van der Waals surface area contributed by atoms with Gasteiger partial charge >= 0.3 is 5.97 Å². The zero-order valence-corrected chi connectivity index (χ0v) is 7.28. The summed E-state index contributed by atoms with van der Waals surface area (Å²) in [6.45, 7) is 2.10. The van der Waals surface area contributed by atoms with Crippen molar-refractivity contribution in [3.8, 4) is 0 Å². The van der Waals surface area contributed by atoms with Crippen LogP contribution in [0.25, 0.3) is 0 Å². The largest absolute Gasteiger partial charge is 0.465 e. The van der Waals surface area contributed by atoms with E-state index in [0.717, 1.165) is 0 Å². The van der Waals surface area contributed by atoms with Gasteiger partial charge in [-0.25, -0.2) is 4.84 Å². The zero-order chi connectivity index (χ0) is 7.98. The number of thiol groups is 1. The predicted octanol–water partition coefficient (Wildman–Crippen LogP) is 0.591. The summed E-state index contributed by atoms with van der Waals surface area (Å²) >= 11 is 9.08. The van der Waals surface area contributed by atoms with Crippen LogP contribution in [-0.4, -0.2) is 24.4 Å². The van der Waals surface area contributed by atoms with E-state index < -0.39 is 6.04 Å². The van der Waals surface area contributed by atoms with Crippen molar-refractivity contribution in [1.29, 1.82) is 0 Å². The van der Waals surface area contributed by atoms with Gasteiger partial charge in [0.25, 0.3) is 0 Å². The van der Waals surface area contributed by atoms with Gasteiger partial charge in [0.15, 0.2) is 0 Å². The third kappa shape index (κ3) is 3.29. The summed E-state index contributed by atoms with van der Waals surface area (Å²) in [4.78, 5) is 13.0. The molecule has 1 unspecified atom stereocenters. The molecule has 1 N–H and O–H groups in total. The second-order valence-electron chi connectivity index (χ2n) is 1.60. The first-order valence-electron chi connectivity index (χ1n) is 2.89. The Morgan fingerprint density at radius 1 is 1.90 bits per heavy atom.